The first-order chi connectivity index (χ1) is 16.4. The molecule has 13 heteroatoms. The predicted molar refractivity (Wildman–Crippen MR) is 125 cm³/mol. The Morgan fingerprint density at radius 2 is 1.85 bits per heavy atom. The van der Waals surface area contributed by atoms with Crippen LogP contribution in [0.4, 0.5) is 10.8 Å². The summed E-state index contributed by atoms with van der Waals surface area (Å²) in [5, 5.41) is 23.4. The summed E-state index contributed by atoms with van der Waals surface area (Å²) < 4.78 is 0. The van der Waals surface area contributed by atoms with Crippen molar-refractivity contribution in [3.63, 3.8) is 0 Å². The zero-order valence-electron chi connectivity index (χ0n) is 17.7. The molecule has 2 aliphatic rings. The maximum Gasteiger partial charge on any atom is 0.282 e. The van der Waals surface area contributed by atoms with Crippen LogP contribution in [0.25, 0.3) is 9.88 Å². The number of thiophene rings is 1. The monoisotopic (exact) mass is 498 g/mol. The number of anilines is 1. The summed E-state index contributed by atoms with van der Waals surface area (Å²) in [6, 6.07) is 7.92. The number of nitrogens with zero attached hydrogens (tertiary/aromatic N) is 6. The molecule has 0 spiro atoms. The highest BCUT2D eigenvalue weighted by molar-refractivity contribution is 7.22. The fourth-order valence-electron chi connectivity index (χ4n) is 4.03. The Hall–Kier alpha value is -3.71. The first kappa shape index (κ1) is 22.1. The lowest BCUT2D eigenvalue weighted by Crippen LogP contribution is -2.49. The predicted octanol–water partition coefficient (Wildman–Crippen LogP) is 2.51. The second kappa shape index (κ2) is 8.91. The van der Waals surface area contributed by atoms with Gasteiger partial charge in [-0.25, -0.2) is 0 Å². The fourth-order valence-corrected chi connectivity index (χ4v) is 5.72. The number of nitro groups is 1. The van der Waals surface area contributed by atoms with E-state index in [0.717, 1.165) is 19.9 Å². The third-order valence-corrected chi connectivity index (χ3v) is 7.80. The summed E-state index contributed by atoms with van der Waals surface area (Å²) >= 11 is 3.12. The second-order valence-electron chi connectivity index (χ2n) is 7.70. The molecular weight excluding hydrogens is 480 g/mol. The molecule has 3 amide bonds. The molecule has 4 heterocycles. The summed E-state index contributed by atoms with van der Waals surface area (Å²) in [5.41, 5.74) is -0.614. The highest BCUT2D eigenvalue weighted by Gasteiger charge is 2.41. The molecule has 1 aromatic carbocycles. The van der Waals surface area contributed by atoms with Gasteiger partial charge in [0.25, 0.3) is 17.5 Å². The van der Waals surface area contributed by atoms with Gasteiger partial charge in [-0.2, -0.15) is 0 Å². The van der Waals surface area contributed by atoms with Crippen molar-refractivity contribution in [2.75, 3.05) is 37.6 Å². The van der Waals surface area contributed by atoms with Gasteiger partial charge in [-0.15, -0.1) is 21.5 Å². The van der Waals surface area contributed by atoms with Gasteiger partial charge in [0, 0.05) is 45.2 Å². The molecule has 0 bridgehead atoms. The van der Waals surface area contributed by atoms with Crippen molar-refractivity contribution in [2.45, 2.75) is 6.42 Å². The van der Waals surface area contributed by atoms with Crippen LogP contribution >= 0.6 is 22.7 Å². The molecule has 0 N–H and O–H groups in total. The third kappa shape index (κ3) is 3.92. The Bertz CT molecular complexity index is 1280. The standard InChI is InChI=1S/C21H18N6O5S2/c28-16(6-7-26-19(29)13-3-1-4-14(27(31)32)17(13)20(26)30)24-8-10-25(11-9-24)21-23-22-18(34-21)15-5-2-12-33-15/h1-5,12H,6-11H2. The average molecular weight is 499 g/mol. The molecule has 3 aromatic rings. The van der Waals surface area contributed by atoms with Crippen LogP contribution in [-0.4, -0.2) is 75.4 Å². The first-order valence-corrected chi connectivity index (χ1v) is 12.2. The molecule has 11 nitrogen and oxygen atoms in total. The van der Waals surface area contributed by atoms with Gasteiger partial charge in [-0.3, -0.25) is 29.4 Å². The normalized spacial score (nSPS) is 15.7. The van der Waals surface area contributed by atoms with Crippen LogP contribution in [0.15, 0.2) is 35.7 Å². The van der Waals surface area contributed by atoms with Crippen molar-refractivity contribution in [2.24, 2.45) is 0 Å². The van der Waals surface area contributed by atoms with E-state index >= 15 is 0 Å². The smallest absolute Gasteiger partial charge is 0.282 e. The second-order valence-corrected chi connectivity index (χ2v) is 9.61. The summed E-state index contributed by atoms with van der Waals surface area (Å²) in [5.74, 6) is -1.52. The van der Waals surface area contributed by atoms with E-state index < -0.39 is 22.4 Å². The van der Waals surface area contributed by atoms with E-state index in [1.165, 1.54) is 29.5 Å². The number of fused-ring (bicyclic) bond motifs is 1. The van der Waals surface area contributed by atoms with E-state index in [-0.39, 0.29) is 30.0 Å². The number of amides is 3. The summed E-state index contributed by atoms with van der Waals surface area (Å²) in [6.45, 7) is 2.05. The number of benzene rings is 1. The van der Waals surface area contributed by atoms with Crippen LogP contribution in [0.5, 0.6) is 0 Å². The number of nitro benzene ring substituents is 1. The zero-order chi connectivity index (χ0) is 23.8. The lowest BCUT2D eigenvalue weighted by Gasteiger charge is -2.34. The maximum absolute atomic E-state index is 12.7. The van der Waals surface area contributed by atoms with E-state index in [1.807, 2.05) is 17.5 Å². The number of aromatic nitrogens is 2. The number of piperazine rings is 1. The summed E-state index contributed by atoms with van der Waals surface area (Å²) in [4.78, 5) is 54.3. The van der Waals surface area contributed by atoms with E-state index in [2.05, 4.69) is 15.1 Å². The van der Waals surface area contributed by atoms with Crippen molar-refractivity contribution in [3.05, 3.63) is 57.0 Å². The molecule has 2 aromatic heterocycles. The van der Waals surface area contributed by atoms with E-state index in [9.17, 15) is 24.5 Å². The van der Waals surface area contributed by atoms with Crippen LogP contribution in [0.3, 0.4) is 0 Å². The Morgan fingerprint density at radius 1 is 1.06 bits per heavy atom. The Labute approximate surface area is 201 Å². The molecule has 0 aliphatic carbocycles. The first-order valence-electron chi connectivity index (χ1n) is 10.5. The summed E-state index contributed by atoms with van der Waals surface area (Å²) in [6.07, 6.45) is -0.0411. The molecule has 0 unspecified atom stereocenters. The Kier molecular flexibility index (Phi) is 5.79. The average Bonchev–Trinajstić information content (AvgIpc) is 3.59. The van der Waals surface area contributed by atoms with Gasteiger partial charge in [0.05, 0.1) is 15.4 Å². The van der Waals surface area contributed by atoms with Crippen molar-refractivity contribution in [3.8, 4) is 9.88 Å². The van der Waals surface area contributed by atoms with Gasteiger partial charge < -0.3 is 9.80 Å². The van der Waals surface area contributed by atoms with Gasteiger partial charge in [-0.1, -0.05) is 23.5 Å². The lowest BCUT2D eigenvalue weighted by atomic mass is 10.1. The van der Waals surface area contributed by atoms with Gasteiger partial charge in [0.1, 0.15) is 5.56 Å². The van der Waals surface area contributed by atoms with Crippen LogP contribution < -0.4 is 4.90 Å². The zero-order valence-corrected chi connectivity index (χ0v) is 19.4. The number of carbonyl (C=O) groups excluding carboxylic acids is 3. The molecule has 5 rings (SSSR count). The number of hydrogen-bond donors (Lipinski definition) is 0. The maximum atomic E-state index is 12.7. The minimum Gasteiger partial charge on any atom is -0.343 e. The Morgan fingerprint density at radius 3 is 2.56 bits per heavy atom. The molecule has 2 aliphatic heterocycles. The highest BCUT2D eigenvalue weighted by Crippen LogP contribution is 2.32. The Balaban J connectivity index is 1.17. The fraction of sp³-hybridized carbons (Fsp3) is 0.286. The highest BCUT2D eigenvalue weighted by atomic mass is 32.1. The van der Waals surface area contributed by atoms with E-state index in [4.69, 9.17) is 0 Å². The molecule has 1 saturated heterocycles. The van der Waals surface area contributed by atoms with Crippen LogP contribution in [0, 0.1) is 10.1 Å². The van der Waals surface area contributed by atoms with Gasteiger partial charge in [-0.05, 0) is 17.5 Å². The minimum absolute atomic E-state index is 0.000705. The van der Waals surface area contributed by atoms with Crippen molar-refractivity contribution in [1.82, 2.24) is 20.0 Å². The minimum atomic E-state index is -0.734. The quantitative estimate of drug-likeness (QED) is 0.288. The summed E-state index contributed by atoms with van der Waals surface area (Å²) in [7, 11) is 0. The molecular formula is C21H18N6O5S2. The van der Waals surface area contributed by atoms with Crippen molar-refractivity contribution >= 4 is 51.2 Å². The van der Waals surface area contributed by atoms with Crippen molar-refractivity contribution < 1.29 is 19.3 Å². The number of hydrogen-bond acceptors (Lipinski definition) is 10. The molecule has 174 valence electrons. The third-order valence-electron chi connectivity index (χ3n) is 5.77. The molecule has 34 heavy (non-hydrogen) atoms. The molecule has 1 fully saturated rings. The number of carbonyl (C=O) groups is 3. The molecule has 0 atom stereocenters. The number of rotatable bonds is 6. The van der Waals surface area contributed by atoms with Crippen LogP contribution in [0.1, 0.15) is 27.1 Å². The molecule has 0 saturated carbocycles. The van der Waals surface area contributed by atoms with Crippen LogP contribution in [-0.2, 0) is 4.79 Å². The largest absolute Gasteiger partial charge is 0.343 e. The van der Waals surface area contributed by atoms with Crippen LogP contribution in [0.2, 0.25) is 0 Å². The van der Waals surface area contributed by atoms with E-state index in [1.54, 1.807) is 16.2 Å². The molecule has 0 radical (unpaired) electrons. The van der Waals surface area contributed by atoms with E-state index in [0.29, 0.717) is 26.2 Å². The van der Waals surface area contributed by atoms with Gasteiger partial charge >= 0.3 is 0 Å². The lowest BCUT2D eigenvalue weighted by molar-refractivity contribution is -0.385. The van der Waals surface area contributed by atoms with Gasteiger partial charge in [0.2, 0.25) is 11.0 Å². The van der Waals surface area contributed by atoms with Gasteiger partial charge in [0.15, 0.2) is 5.01 Å². The SMILES string of the molecule is O=C(CCN1C(=O)c2cccc([N+](=O)[O-])c2C1=O)N1CCN(c2nnc(-c3cccs3)s2)CC1. The van der Waals surface area contributed by atoms with Crippen molar-refractivity contribution in [1.29, 1.82) is 0 Å². The number of imide groups is 1. The topological polar surface area (TPSA) is 130 Å².